The topological polar surface area (TPSA) is 61.8 Å². The number of benzene rings is 1. The van der Waals surface area contributed by atoms with Gasteiger partial charge in [0.2, 0.25) is 0 Å². The molecule has 0 radical (unpaired) electrons. The van der Waals surface area contributed by atoms with Crippen LogP contribution >= 0.6 is 0 Å². The van der Waals surface area contributed by atoms with Gasteiger partial charge in [-0.05, 0) is 24.3 Å². The number of aliphatic hydroxyl groups is 1. The summed E-state index contributed by atoms with van der Waals surface area (Å²) in [6.45, 7) is -0.761. The van der Waals surface area contributed by atoms with Crippen molar-refractivity contribution in [2.24, 2.45) is 0 Å². The molecule has 0 fully saturated rings. The van der Waals surface area contributed by atoms with E-state index in [1.807, 2.05) is 0 Å². The van der Waals surface area contributed by atoms with Gasteiger partial charge in [-0.3, -0.25) is 0 Å². The zero-order valence-corrected chi connectivity index (χ0v) is 11.7. The molecule has 0 saturated carbocycles. The van der Waals surface area contributed by atoms with Gasteiger partial charge >= 0.3 is 12.2 Å². The third kappa shape index (κ3) is 5.54. The number of anilines is 1. The number of terminal acetylenes is 1. The summed E-state index contributed by atoms with van der Waals surface area (Å²) in [5.41, 5.74) is 0.367. The molecule has 0 aliphatic rings. The Kier molecular flexibility index (Phi) is 6.07. The van der Waals surface area contributed by atoms with Gasteiger partial charge in [-0.2, -0.15) is 13.2 Å². The van der Waals surface area contributed by atoms with Gasteiger partial charge < -0.3 is 20.1 Å². The van der Waals surface area contributed by atoms with Crippen molar-refractivity contribution in [1.29, 1.82) is 0 Å². The fraction of sp³-hybridized carbons (Fsp3) is 0.357. The Morgan fingerprint density at radius 1 is 1.45 bits per heavy atom. The molecule has 1 aromatic carbocycles. The Hall–Kier alpha value is -2.40. The van der Waals surface area contributed by atoms with Gasteiger partial charge in [0.05, 0.1) is 6.54 Å². The number of halogens is 3. The van der Waals surface area contributed by atoms with Crippen molar-refractivity contribution in [2.75, 3.05) is 25.5 Å². The van der Waals surface area contributed by atoms with E-state index in [9.17, 15) is 18.0 Å². The zero-order chi connectivity index (χ0) is 16.8. The fourth-order valence-electron chi connectivity index (χ4n) is 1.42. The summed E-state index contributed by atoms with van der Waals surface area (Å²) >= 11 is 0. The summed E-state index contributed by atoms with van der Waals surface area (Å²) in [7, 11) is 1.15. The van der Waals surface area contributed by atoms with E-state index in [-0.39, 0.29) is 6.61 Å². The minimum Gasteiger partial charge on any atom is -0.481 e. The average molecular weight is 316 g/mol. The number of rotatable bonds is 5. The Balaban J connectivity index is 2.55. The number of ether oxygens (including phenoxy) is 1. The van der Waals surface area contributed by atoms with Crippen molar-refractivity contribution in [3.8, 4) is 18.1 Å². The van der Waals surface area contributed by atoms with Crippen LogP contribution in [0.1, 0.15) is 0 Å². The lowest BCUT2D eigenvalue weighted by Crippen LogP contribution is -2.43. The number of amides is 2. The lowest BCUT2D eigenvalue weighted by atomic mass is 10.3. The van der Waals surface area contributed by atoms with Crippen molar-refractivity contribution >= 4 is 11.7 Å². The van der Waals surface area contributed by atoms with Gasteiger partial charge in [0.15, 0.2) is 6.10 Å². The van der Waals surface area contributed by atoms with Crippen molar-refractivity contribution in [3.05, 3.63) is 24.3 Å². The average Bonchev–Trinajstić information content (AvgIpc) is 2.45. The number of alkyl halides is 3. The van der Waals surface area contributed by atoms with Crippen molar-refractivity contribution in [2.45, 2.75) is 12.3 Å². The molecule has 0 aliphatic carbocycles. The largest absolute Gasteiger partial charge is 0.481 e. The molecule has 0 spiro atoms. The standard InChI is InChI=1S/C14H15F3N2O3/c1-3-8-22-11-6-4-10(5-7-11)18-13(21)19(2)9-12(20)14(15,16)17/h1,4-7,12,20H,8-9H2,2H3,(H,18,21)/t12-/m1/s1. The van der Waals surface area contributed by atoms with Crippen LogP contribution in [0.5, 0.6) is 5.75 Å². The molecule has 22 heavy (non-hydrogen) atoms. The highest BCUT2D eigenvalue weighted by Crippen LogP contribution is 2.21. The molecule has 1 atom stereocenters. The van der Waals surface area contributed by atoms with E-state index < -0.39 is 24.9 Å². The maximum Gasteiger partial charge on any atom is 0.416 e. The molecule has 8 heteroatoms. The molecular weight excluding hydrogens is 301 g/mol. The normalized spacial score (nSPS) is 12.2. The molecule has 5 nitrogen and oxygen atoms in total. The number of carbonyl (C=O) groups excluding carboxylic acids is 1. The highest BCUT2D eigenvalue weighted by molar-refractivity contribution is 5.89. The van der Waals surface area contributed by atoms with Gasteiger partial charge in [0, 0.05) is 12.7 Å². The number of aliphatic hydroxyl groups excluding tert-OH is 1. The number of hydrogen-bond donors (Lipinski definition) is 2. The minimum absolute atomic E-state index is 0.101. The van der Waals surface area contributed by atoms with Crippen LogP contribution in [0.3, 0.4) is 0 Å². The van der Waals surface area contributed by atoms with Crippen LogP contribution in [-0.4, -0.2) is 48.5 Å². The zero-order valence-electron chi connectivity index (χ0n) is 11.7. The van der Waals surface area contributed by atoms with E-state index in [4.69, 9.17) is 16.3 Å². The van der Waals surface area contributed by atoms with Crippen LogP contribution < -0.4 is 10.1 Å². The second-order valence-corrected chi connectivity index (χ2v) is 4.39. The first kappa shape index (κ1) is 17.7. The molecule has 1 rings (SSSR count). The van der Waals surface area contributed by atoms with E-state index in [1.165, 1.54) is 12.1 Å². The second kappa shape index (κ2) is 7.56. The SMILES string of the molecule is C#CCOc1ccc(NC(=O)N(C)C[C@@H](O)C(F)(F)F)cc1. The first-order valence-electron chi connectivity index (χ1n) is 6.17. The molecule has 0 unspecified atom stereocenters. The monoisotopic (exact) mass is 316 g/mol. The first-order chi connectivity index (χ1) is 10.2. The van der Waals surface area contributed by atoms with Gasteiger partial charge in [0.25, 0.3) is 0 Å². The molecule has 120 valence electrons. The molecule has 1 aromatic rings. The maximum atomic E-state index is 12.2. The minimum atomic E-state index is -4.77. The van der Waals surface area contributed by atoms with Crippen LogP contribution in [0.2, 0.25) is 0 Å². The van der Waals surface area contributed by atoms with Crippen molar-refractivity contribution < 1.29 is 27.8 Å². The molecule has 0 saturated heterocycles. The van der Waals surface area contributed by atoms with Gasteiger partial charge in [-0.25, -0.2) is 4.79 Å². The fourth-order valence-corrected chi connectivity index (χ4v) is 1.42. The number of hydrogen-bond acceptors (Lipinski definition) is 3. The molecule has 0 aromatic heterocycles. The molecule has 0 heterocycles. The van der Waals surface area contributed by atoms with Gasteiger partial charge in [-0.15, -0.1) is 6.42 Å². The number of carbonyl (C=O) groups is 1. The van der Waals surface area contributed by atoms with Crippen LogP contribution in [0.15, 0.2) is 24.3 Å². The summed E-state index contributed by atoms with van der Waals surface area (Å²) in [6, 6.07) is 5.35. The van der Waals surface area contributed by atoms with E-state index in [2.05, 4.69) is 11.2 Å². The van der Waals surface area contributed by atoms with E-state index >= 15 is 0 Å². The summed E-state index contributed by atoms with van der Waals surface area (Å²) in [5, 5.41) is 11.3. The quantitative estimate of drug-likeness (QED) is 0.818. The van der Waals surface area contributed by atoms with Crippen molar-refractivity contribution in [1.82, 2.24) is 4.90 Å². The number of urea groups is 1. The lowest BCUT2D eigenvalue weighted by Gasteiger charge is -2.22. The Labute approximate surface area is 125 Å². The van der Waals surface area contributed by atoms with Crippen molar-refractivity contribution in [3.63, 3.8) is 0 Å². The predicted octanol–water partition coefficient (Wildman–Crippen LogP) is 2.09. The highest BCUT2D eigenvalue weighted by atomic mass is 19.4. The Morgan fingerprint density at radius 3 is 2.55 bits per heavy atom. The third-order valence-electron chi connectivity index (χ3n) is 2.60. The van der Waals surface area contributed by atoms with Gasteiger partial charge in [-0.1, -0.05) is 5.92 Å². The van der Waals surface area contributed by atoms with Crippen LogP contribution in [0, 0.1) is 12.3 Å². The molecule has 2 N–H and O–H groups in total. The first-order valence-corrected chi connectivity index (χ1v) is 6.17. The molecule has 2 amide bonds. The van der Waals surface area contributed by atoms with Gasteiger partial charge in [0.1, 0.15) is 12.4 Å². The summed E-state index contributed by atoms with van der Waals surface area (Å²) < 4.78 is 41.8. The van der Waals surface area contributed by atoms with Crippen LogP contribution in [0.4, 0.5) is 23.7 Å². The smallest absolute Gasteiger partial charge is 0.416 e. The Bertz CT molecular complexity index is 538. The summed E-state index contributed by atoms with van der Waals surface area (Å²) in [5.74, 6) is 2.79. The van der Waals surface area contributed by atoms with Crippen LogP contribution in [0.25, 0.3) is 0 Å². The van der Waals surface area contributed by atoms with E-state index in [0.717, 1.165) is 11.9 Å². The molecule has 0 aliphatic heterocycles. The number of likely N-dealkylation sites (N-methyl/N-ethyl adjacent to an activating group) is 1. The van der Waals surface area contributed by atoms with E-state index in [1.54, 1.807) is 12.1 Å². The highest BCUT2D eigenvalue weighted by Gasteiger charge is 2.39. The number of nitrogens with zero attached hydrogens (tertiary/aromatic N) is 1. The molecular formula is C14H15F3N2O3. The number of nitrogens with one attached hydrogen (secondary N) is 1. The van der Waals surface area contributed by atoms with Crippen LogP contribution in [-0.2, 0) is 0 Å². The second-order valence-electron chi connectivity index (χ2n) is 4.39. The lowest BCUT2D eigenvalue weighted by molar-refractivity contribution is -0.205. The Morgan fingerprint density at radius 2 is 2.05 bits per heavy atom. The maximum absolute atomic E-state index is 12.2. The van der Waals surface area contributed by atoms with E-state index in [0.29, 0.717) is 11.4 Å². The third-order valence-corrected chi connectivity index (χ3v) is 2.60. The predicted molar refractivity (Wildman–Crippen MR) is 74.5 cm³/mol. The molecule has 0 bridgehead atoms. The summed E-state index contributed by atoms with van der Waals surface area (Å²) in [6.07, 6.45) is -2.33. The summed E-state index contributed by atoms with van der Waals surface area (Å²) in [4.78, 5) is 12.4.